The van der Waals surface area contributed by atoms with Crippen LogP contribution in [0.1, 0.15) is 86.5 Å². The van der Waals surface area contributed by atoms with Gasteiger partial charge in [0.15, 0.2) is 6.04 Å². The van der Waals surface area contributed by atoms with Gasteiger partial charge < -0.3 is 24.8 Å². The van der Waals surface area contributed by atoms with Gasteiger partial charge in [-0.05, 0) is 66.7 Å². The van der Waals surface area contributed by atoms with Crippen LogP contribution >= 0.6 is 0 Å². The number of amides is 2. The van der Waals surface area contributed by atoms with Crippen LogP contribution in [0.4, 0.5) is 4.79 Å². The van der Waals surface area contributed by atoms with E-state index in [4.69, 9.17) is 14.2 Å². The number of esters is 1. The maximum atomic E-state index is 12.6. The maximum Gasteiger partial charge on any atom is 0.407 e. The highest BCUT2D eigenvalue weighted by Crippen LogP contribution is 2.28. The van der Waals surface area contributed by atoms with Gasteiger partial charge >= 0.3 is 12.1 Å². The summed E-state index contributed by atoms with van der Waals surface area (Å²) in [6, 6.07) is -1.02. The molecular weight excluding hydrogens is 400 g/mol. The van der Waals surface area contributed by atoms with Crippen molar-refractivity contribution in [2.75, 3.05) is 13.7 Å². The van der Waals surface area contributed by atoms with E-state index in [1.165, 1.54) is 13.5 Å². The molecule has 0 bridgehead atoms. The van der Waals surface area contributed by atoms with Crippen LogP contribution in [0.25, 0.3) is 0 Å². The molecule has 0 spiro atoms. The molecule has 180 valence electrons. The molecule has 0 aromatic carbocycles. The van der Waals surface area contributed by atoms with Crippen LogP contribution in [0.15, 0.2) is 0 Å². The molecule has 8 heteroatoms. The summed E-state index contributed by atoms with van der Waals surface area (Å²) in [5, 5.41) is 5.68. The van der Waals surface area contributed by atoms with Crippen molar-refractivity contribution in [2.24, 2.45) is 5.92 Å². The molecule has 31 heavy (non-hydrogen) atoms. The van der Waals surface area contributed by atoms with E-state index >= 15 is 0 Å². The SMILES string of the molecule is COC(=O)[C@@H](COC(C)(C)C)NC(=O)CC[C@H](NC(=O)OC(C)(C)C)C1CCCCC1. The van der Waals surface area contributed by atoms with Crippen molar-refractivity contribution in [3.05, 3.63) is 0 Å². The topological polar surface area (TPSA) is 103 Å². The van der Waals surface area contributed by atoms with Gasteiger partial charge in [-0.1, -0.05) is 19.3 Å². The predicted molar refractivity (Wildman–Crippen MR) is 119 cm³/mol. The lowest BCUT2D eigenvalue weighted by molar-refractivity contribution is -0.148. The first kappa shape index (κ1) is 27.2. The first-order valence-corrected chi connectivity index (χ1v) is 11.3. The Labute approximate surface area is 187 Å². The monoisotopic (exact) mass is 442 g/mol. The lowest BCUT2D eigenvalue weighted by atomic mass is 9.82. The number of carbonyl (C=O) groups is 3. The number of ether oxygens (including phenoxy) is 3. The number of hydrogen-bond donors (Lipinski definition) is 2. The summed E-state index contributed by atoms with van der Waals surface area (Å²) >= 11 is 0. The summed E-state index contributed by atoms with van der Waals surface area (Å²) in [6.45, 7) is 11.1. The van der Waals surface area contributed by atoms with Crippen molar-refractivity contribution in [1.82, 2.24) is 10.6 Å². The Hall–Kier alpha value is -1.83. The molecule has 2 atom stereocenters. The van der Waals surface area contributed by atoms with Gasteiger partial charge in [-0.25, -0.2) is 9.59 Å². The zero-order valence-electron chi connectivity index (χ0n) is 20.3. The Kier molecular flexibility index (Phi) is 10.8. The van der Waals surface area contributed by atoms with E-state index in [2.05, 4.69) is 10.6 Å². The second kappa shape index (κ2) is 12.3. The summed E-state index contributed by atoms with van der Waals surface area (Å²) in [7, 11) is 1.28. The molecule has 0 radical (unpaired) electrons. The van der Waals surface area contributed by atoms with Crippen LogP contribution < -0.4 is 10.6 Å². The average Bonchev–Trinajstić information content (AvgIpc) is 2.66. The average molecular weight is 443 g/mol. The zero-order valence-corrected chi connectivity index (χ0v) is 20.3. The number of carbonyl (C=O) groups excluding carboxylic acids is 3. The molecular formula is C23H42N2O6. The highest BCUT2D eigenvalue weighted by atomic mass is 16.6. The predicted octanol–water partition coefficient (Wildman–Crippen LogP) is 3.71. The van der Waals surface area contributed by atoms with Gasteiger partial charge in [0.1, 0.15) is 5.60 Å². The third kappa shape index (κ3) is 12.0. The molecule has 0 aromatic rings. The summed E-state index contributed by atoms with van der Waals surface area (Å²) in [5.74, 6) is -0.511. The minimum absolute atomic E-state index is 0.0319. The normalized spacial score (nSPS) is 17.4. The smallest absolute Gasteiger partial charge is 0.407 e. The summed E-state index contributed by atoms with van der Waals surface area (Å²) in [6.07, 6.45) is 5.68. The van der Waals surface area contributed by atoms with Gasteiger partial charge in [0, 0.05) is 12.5 Å². The second-order valence-electron chi connectivity index (χ2n) is 10.3. The summed E-state index contributed by atoms with van der Waals surface area (Å²) < 4.78 is 15.8. The number of nitrogens with one attached hydrogen (secondary N) is 2. The van der Waals surface area contributed by atoms with Crippen molar-refractivity contribution in [3.63, 3.8) is 0 Å². The Morgan fingerprint density at radius 1 is 0.935 bits per heavy atom. The van der Waals surface area contributed by atoms with Gasteiger partial charge in [-0.15, -0.1) is 0 Å². The Balaban J connectivity index is 2.70. The van der Waals surface area contributed by atoms with Gasteiger partial charge in [-0.3, -0.25) is 4.79 Å². The quantitative estimate of drug-likeness (QED) is 0.528. The molecule has 1 aliphatic rings. The molecule has 1 saturated carbocycles. The van der Waals surface area contributed by atoms with E-state index in [1.807, 2.05) is 41.5 Å². The van der Waals surface area contributed by atoms with Gasteiger partial charge in [0.25, 0.3) is 0 Å². The van der Waals surface area contributed by atoms with Crippen LogP contribution in [0.2, 0.25) is 0 Å². The van der Waals surface area contributed by atoms with Crippen molar-refractivity contribution < 1.29 is 28.6 Å². The van der Waals surface area contributed by atoms with Crippen molar-refractivity contribution in [1.29, 1.82) is 0 Å². The Morgan fingerprint density at radius 2 is 1.55 bits per heavy atom. The summed E-state index contributed by atoms with van der Waals surface area (Å²) in [5.41, 5.74) is -1.03. The highest BCUT2D eigenvalue weighted by Gasteiger charge is 2.29. The van der Waals surface area contributed by atoms with E-state index in [9.17, 15) is 14.4 Å². The van der Waals surface area contributed by atoms with Gasteiger partial charge in [0.05, 0.1) is 19.3 Å². The molecule has 0 heterocycles. The van der Waals surface area contributed by atoms with Crippen molar-refractivity contribution >= 4 is 18.0 Å². The van der Waals surface area contributed by atoms with E-state index in [0.717, 1.165) is 25.7 Å². The zero-order chi connectivity index (χ0) is 23.7. The molecule has 0 aromatic heterocycles. The molecule has 2 amide bonds. The second-order valence-corrected chi connectivity index (χ2v) is 10.3. The van der Waals surface area contributed by atoms with Crippen LogP contribution in [0.5, 0.6) is 0 Å². The minimum Gasteiger partial charge on any atom is -0.467 e. The van der Waals surface area contributed by atoms with Crippen LogP contribution in [-0.4, -0.2) is 55.0 Å². The number of methoxy groups -OCH3 is 1. The third-order valence-electron chi connectivity index (χ3n) is 5.11. The first-order chi connectivity index (χ1) is 14.3. The fourth-order valence-corrected chi connectivity index (χ4v) is 3.62. The lowest BCUT2D eigenvalue weighted by Crippen LogP contribution is -2.47. The number of hydrogen-bond acceptors (Lipinski definition) is 6. The molecule has 2 N–H and O–H groups in total. The van der Waals surface area contributed by atoms with E-state index in [0.29, 0.717) is 12.3 Å². The third-order valence-corrected chi connectivity index (χ3v) is 5.11. The fourth-order valence-electron chi connectivity index (χ4n) is 3.62. The minimum atomic E-state index is -0.872. The van der Waals surface area contributed by atoms with Crippen LogP contribution in [-0.2, 0) is 23.8 Å². The molecule has 0 unspecified atom stereocenters. The highest BCUT2D eigenvalue weighted by molar-refractivity contribution is 5.84. The molecule has 0 aliphatic heterocycles. The molecule has 0 saturated heterocycles. The Morgan fingerprint density at radius 3 is 2.06 bits per heavy atom. The van der Waals surface area contributed by atoms with E-state index in [-0.39, 0.29) is 25.0 Å². The van der Waals surface area contributed by atoms with Crippen LogP contribution in [0.3, 0.4) is 0 Å². The van der Waals surface area contributed by atoms with Crippen LogP contribution in [0, 0.1) is 5.92 Å². The number of alkyl carbamates (subject to hydrolysis) is 1. The largest absolute Gasteiger partial charge is 0.467 e. The standard InChI is InChI=1S/C23H42N2O6/c1-22(2,3)30-15-18(20(27)29-7)24-19(26)14-13-17(16-11-9-8-10-12-16)25-21(28)31-23(4,5)6/h16-18H,8-15H2,1-7H3,(H,24,26)(H,25,28)/t17-,18+/m0/s1. The molecule has 1 fully saturated rings. The van der Waals surface area contributed by atoms with Crippen molar-refractivity contribution in [3.8, 4) is 0 Å². The molecule has 1 rings (SSSR count). The lowest BCUT2D eigenvalue weighted by Gasteiger charge is -2.32. The fraction of sp³-hybridized carbons (Fsp3) is 0.870. The molecule has 1 aliphatic carbocycles. The first-order valence-electron chi connectivity index (χ1n) is 11.3. The summed E-state index contributed by atoms with van der Waals surface area (Å²) in [4.78, 5) is 36.9. The number of rotatable bonds is 9. The van der Waals surface area contributed by atoms with Gasteiger partial charge in [-0.2, -0.15) is 0 Å². The van der Waals surface area contributed by atoms with E-state index < -0.39 is 29.3 Å². The maximum absolute atomic E-state index is 12.6. The van der Waals surface area contributed by atoms with Gasteiger partial charge in [0.2, 0.25) is 5.91 Å². The van der Waals surface area contributed by atoms with Crippen molar-refractivity contribution in [2.45, 2.75) is 110 Å². The van der Waals surface area contributed by atoms with E-state index in [1.54, 1.807) is 0 Å². The molecule has 8 nitrogen and oxygen atoms in total. The Bertz CT molecular complexity index is 588.